The largest absolute Gasteiger partial charge is 0.481 e. The van der Waals surface area contributed by atoms with Gasteiger partial charge >= 0.3 is 5.97 Å². The van der Waals surface area contributed by atoms with Crippen molar-refractivity contribution in [3.8, 4) is 0 Å². The van der Waals surface area contributed by atoms with Crippen molar-refractivity contribution in [2.24, 2.45) is 11.1 Å². The summed E-state index contributed by atoms with van der Waals surface area (Å²) < 4.78 is 0. The maximum Gasteiger partial charge on any atom is 0.313 e. The molecular formula is C7H7NO3. The Morgan fingerprint density at radius 2 is 2.00 bits per heavy atom. The number of rotatable bonds is 2. The van der Waals surface area contributed by atoms with Gasteiger partial charge in [0.1, 0.15) is 12.0 Å². The van der Waals surface area contributed by atoms with E-state index in [4.69, 9.17) is 5.11 Å². The van der Waals surface area contributed by atoms with E-state index in [-0.39, 0.29) is 0 Å². The molecule has 1 N–H and O–H groups in total. The second-order valence-corrected chi connectivity index (χ2v) is 2.23. The number of carboxylic acids is 1. The van der Waals surface area contributed by atoms with Crippen molar-refractivity contribution in [2.45, 2.75) is 6.04 Å². The van der Waals surface area contributed by atoms with Gasteiger partial charge in [-0.25, -0.2) is 0 Å². The molecule has 1 aliphatic carbocycles. The molecule has 0 saturated heterocycles. The van der Waals surface area contributed by atoms with Crippen molar-refractivity contribution >= 4 is 5.97 Å². The van der Waals surface area contributed by atoms with Crippen LogP contribution in [-0.2, 0) is 4.79 Å². The summed E-state index contributed by atoms with van der Waals surface area (Å²) in [6.45, 7) is 0. The second kappa shape index (κ2) is 3.09. The van der Waals surface area contributed by atoms with Gasteiger partial charge < -0.3 is 5.11 Å². The smallest absolute Gasteiger partial charge is 0.313 e. The maximum atomic E-state index is 10.4. The number of carboxylic acid groups (broad SMARTS) is 1. The molecule has 0 aromatic carbocycles. The summed E-state index contributed by atoms with van der Waals surface area (Å²) in [5.41, 5.74) is 0. The minimum absolute atomic E-state index is 0.752. The molecule has 0 bridgehead atoms. The van der Waals surface area contributed by atoms with Crippen molar-refractivity contribution in [1.29, 1.82) is 0 Å². The summed E-state index contributed by atoms with van der Waals surface area (Å²) in [6.07, 6.45) is 6.14. The van der Waals surface area contributed by atoms with E-state index in [0.717, 1.165) is 0 Å². The summed E-state index contributed by atoms with van der Waals surface area (Å²) >= 11 is 0. The highest BCUT2D eigenvalue weighted by atomic mass is 16.4. The monoisotopic (exact) mass is 153 g/mol. The zero-order valence-electron chi connectivity index (χ0n) is 5.68. The number of hydrogen-bond acceptors (Lipinski definition) is 3. The molecule has 0 fully saturated rings. The van der Waals surface area contributed by atoms with Gasteiger partial charge in [-0.1, -0.05) is 29.5 Å². The van der Waals surface area contributed by atoms with Crippen LogP contribution in [-0.4, -0.2) is 17.1 Å². The highest BCUT2D eigenvalue weighted by Crippen LogP contribution is 2.15. The van der Waals surface area contributed by atoms with Gasteiger partial charge in [0.2, 0.25) is 0 Å². The topological polar surface area (TPSA) is 66.7 Å². The van der Waals surface area contributed by atoms with E-state index >= 15 is 0 Å². The van der Waals surface area contributed by atoms with Gasteiger partial charge in [0, 0.05) is 0 Å². The lowest BCUT2D eigenvalue weighted by molar-refractivity contribution is -0.140. The van der Waals surface area contributed by atoms with Crippen LogP contribution in [0.4, 0.5) is 0 Å². The van der Waals surface area contributed by atoms with E-state index in [0.29, 0.717) is 0 Å². The Balaban J connectivity index is 2.78. The molecule has 58 valence electrons. The van der Waals surface area contributed by atoms with Crippen LogP contribution in [0.5, 0.6) is 0 Å². The lowest BCUT2D eigenvalue weighted by Crippen LogP contribution is -2.24. The van der Waals surface area contributed by atoms with Gasteiger partial charge in [-0.05, 0) is 0 Å². The highest BCUT2D eigenvalue weighted by molar-refractivity contribution is 5.74. The average molecular weight is 153 g/mol. The van der Waals surface area contributed by atoms with Crippen LogP contribution in [0.15, 0.2) is 29.5 Å². The Morgan fingerprint density at radius 3 is 2.45 bits per heavy atom. The van der Waals surface area contributed by atoms with Crippen LogP contribution >= 0.6 is 0 Å². The fourth-order valence-corrected chi connectivity index (χ4v) is 0.924. The quantitative estimate of drug-likeness (QED) is 0.600. The molecule has 2 unspecified atom stereocenters. The first-order chi connectivity index (χ1) is 5.25. The molecule has 0 aromatic rings. The standard InChI is InChI=1S/C7H7NO3/c9-7(10)5-3-1-2-4-6(5)8-11/h1-6H,(H,9,10). The van der Waals surface area contributed by atoms with Crippen LogP contribution in [0.3, 0.4) is 0 Å². The van der Waals surface area contributed by atoms with E-state index in [2.05, 4.69) is 5.18 Å². The highest BCUT2D eigenvalue weighted by Gasteiger charge is 2.25. The van der Waals surface area contributed by atoms with Gasteiger partial charge in [-0.15, -0.1) is 0 Å². The molecule has 1 aliphatic rings. The van der Waals surface area contributed by atoms with Gasteiger partial charge in [-0.3, -0.25) is 4.79 Å². The molecule has 0 spiro atoms. The van der Waals surface area contributed by atoms with Crippen LogP contribution < -0.4 is 0 Å². The fourth-order valence-electron chi connectivity index (χ4n) is 0.924. The summed E-state index contributed by atoms with van der Waals surface area (Å²) in [5, 5.41) is 11.2. The Morgan fingerprint density at radius 1 is 1.36 bits per heavy atom. The zero-order chi connectivity index (χ0) is 8.27. The first kappa shape index (κ1) is 7.65. The van der Waals surface area contributed by atoms with Crippen molar-refractivity contribution < 1.29 is 9.90 Å². The SMILES string of the molecule is O=NC1C=CC=CC1C(=O)O. The average Bonchev–Trinajstić information content (AvgIpc) is 2.04. The van der Waals surface area contributed by atoms with Crippen molar-refractivity contribution in [2.75, 3.05) is 0 Å². The van der Waals surface area contributed by atoms with Gasteiger partial charge in [-0.2, -0.15) is 4.91 Å². The third-order valence-corrected chi connectivity index (χ3v) is 1.51. The number of carbonyl (C=O) groups is 1. The van der Waals surface area contributed by atoms with Crippen molar-refractivity contribution in [1.82, 2.24) is 0 Å². The molecule has 4 nitrogen and oxygen atoms in total. The van der Waals surface area contributed by atoms with Crippen LogP contribution in [0.2, 0.25) is 0 Å². The van der Waals surface area contributed by atoms with E-state index in [9.17, 15) is 9.70 Å². The Labute approximate surface area is 63.2 Å². The third-order valence-electron chi connectivity index (χ3n) is 1.51. The number of nitrogens with zero attached hydrogens (tertiary/aromatic N) is 1. The van der Waals surface area contributed by atoms with Crippen molar-refractivity contribution in [3.05, 3.63) is 29.2 Å². The van der Waals surface area contributed by atoms with Gasteiger partial charge in [0.05, 0.1) is 0 Å². The normalized spacial score (nSPS) is 28.4. The second-order valence-electron chi connectivity index (χ2n) is 2.23. The first-order valence-corrected chi connectivity index (χ1v) is 3.16. The molecule has 2 atom stereocenters. The predicted octanol–water partition coefficient (Wildman–Crippen LogP) is 0.948. The summed E-state index contributed by atoms with van der Waals surface area (Å²) in [4.78, 5) is 20.5. The zero-order valence-corrected chi connectivity index (χ0v) is 5.68. The molecule has 4 heteroatoms. The summed E-state index contributed by atoms with van der Waals surface area (Å²) in [6, 6.07) is -0.752. The first-order valence-electron chi connectivity index (χ1n) is 3.16. The number of allylic oxidation sites excluding steroid dienone is 2. The molecule has 1 rings (SSSR count). The minimum atomic E-state index is -1.02. The maximum absolute atomic E-state index is 10.4. The Bertz CT molecular complexity index is 232. The predicted molar refractivity (Wildman–Crippen MR) is 39.0 cm³/mol. The Kier molecular flexibility index (Phi) is 2.15. The van der Waals surface area contributed by atoms with Gasteiger partial charge in [0.25, 0.3) is 0 Å². The molecule has 0 aliphatic heterocycles. The summed E-state index contributed by atoms with van der Waals surface area (Å²) in [7, 11) is 0. The van der Waals surface area contributed by atoms with Crippen LogP contribution in [0, 0.1) is 10.8 Å². The number of aliphatic carboxylic acids is 1. The van der Waals surface area contributed by atoms with E-state index < -0.39 is 17.9 Å². The molecule has 11 heavy (non-hydrogen) atoms. The number of nitroso groups, excluding NO2 is 1. The fraction of sp³-hybridized carbons (Fsp3) is 0.286. The molecule has 0 radical (unpaired) electrons. The third kappa shape index (κ3) is 1.52. The molecular weight excluding hydrogens is 146 g/mol. The lowest BCUT2D eigenvalue weighted by Gasteiger charge is -2.12. The van der Waals surface area contributed by atoms with E-state index in [1.807, 2.05) is 0 Å². The summed E-state index contributed by atoms with van der Waals surface area (Å²) in [5.74, 6) is -1.81. The van der Waals surface area contributed by atoms with Gasteiger partial charge in [0.15, 0.2) is 0 Å². The van der Waals surface area contributed by atoms with E-state index in [1.54, 1.807) is 12.2 Å². The Hall–Kier alpha value is -1.45. The van der Waals surface area contributed by atoms with Crippen molar-refractivity contribution in [3.63, 3.8) is 0 Å². The molecule has 0 saturated carbocycles. The van der Waals surface area contributed by atoms with Crippen LogP contribution in [0.1, 0.15) is 0 Å². The molecule has 0 aromatic heterocycles. The number of hydrogen-bond donors (Lipinski definition) is 1. The van der Waals surface area contributed by atoms with E-state index in [1.165, 1.54) is 12.2 Å². The molecule has 0 amide bonds. The lowest BCUT2D eigenvalue weighted by atomic mass is 9.96. The molecule has 0 heterocycles. The van der Waals surface area contributed by atoms with Crippen LogP contribution in [0.25, 0.3) is 0 Å². The minimum Gasteiger partial charge on any atom is -0.481 e.